The number of carbonyl (C=O) groups is 2. The molecule has 10 heteroatoms. The SMILES string of the molecule is CC(NC(=O)[C@H]1C[C@@H]1c1cccc(OCC(=O)OC(C)(C)C)c1)c1ccc(OCC(F)(F)F)cn1. The molecule has 0 saturated heterocycles. The number of benzene rings is 1. The molecule has 35 heavy (non-hydrogen) atoms. The summed E-state index contributed by atoms with van der Waals surface area (Å²) in [5.41, 5.74) is 0.850. The van der Waals surface area contributed by atoms with Gasteiger partial charge in [0.25, 0.3) is 0 Å². The first-order valence-electron chi connectivity index (χ1n) is 11.2. The summed E-state index contributed by atoms with van der Waals surface area (Å²) >= 11 is 0. The highest BCUT2D eigenvalue weighted by Gasteiger charge is 2.44. The number of halogens is 3. The van der Waals surface area contributed by atoms with Gasteiger partial charge in [0, 0.05) is 5.92 Å². The molecule has 3 rings (SSSR count). The molecule has 2 aromatic rings. The van der Waals surface area contributed by atoms with E-state index in [-0.39, 0.29) is 30.1 Å². The van der Waals surface area contributed by atoms with E-state index in [0.29, 0.717) is 17.9 Å². The van der Waals surface area contributed by atoms with Gasteiger partial charge in [-0.3, -0.25) is 9.78 Å². The summed E-state index contributed by atoms with van der Waals surface area (Å²) in [6.45, 7) is 5.49. The third-order valence-electron chi connectivity index (χ3n) is 5.15. The van der Waals surface area contributed by atoms with E-state index in [1.807, 2.05) is 18.2 Å². The van der Waals surface area contributed by atoms with Crippen LogP contribution < -0.4 is 14.8 Å². The van der Waals surface area contributed by atoms with Gasteiger partial charge in [-0.05, 0) is 69.9 Å². The maximum absolute atomic E-state index is 12.7. The molecule has 1 amide bonds. The second kappa shape index (κ2) is 10.5. The maximum atomic E-state index is 12.7. The third-order valence-corrected chi connectivity index (χ3v) is 5.15. The number of rotatable bonds is 9. The van der Waals surface area contributed by atoms with E-state index in [0.717, 1.165) is 5.56 Å². The summed E-state index contributed by atoms with van der Waals surface area (Å²) in [5.74, 6) is -0.271. The van der Waals surface area contributed by atoms with Crippen molar-refractivity contribution in [1.29, 1.82) is 0 Å². The number of carbonyl (C=O) groups excluding carboxylic acids is 2. The highest BCUT2D eigenvalue weighted by Crippen LogP contribution is 2.48. The van der Waals surface area contributed by atoms with Gasteiger partial charge >= 0.3 is 12.1 Å². The molecule has 0 bridgehead atoms. The van der Waals surface area contributed by atoms with Crippen molar-refractivity contribution in [3.05, 3.63) is 53.9 Å². The zero-order valence-corrected chi connectivity index (χ0v) is 20.0. The molecule has 1 unspecified atom stereocenters. The van der Waals surface area contributed by atoms with Crippen molar-refractivity contribution in [2.24, 2.45) is 5.92 Å². The summed E-state index contributed by atoms with van der Waals surface area (Å²) < 4.78 is 52.2. The zero-order chi connectivity index (χ0) is 25.8. The van der Waals surface area contributed by atoms with Crippen LogP contribution in [0.1, 0.15) is 57.3 Å². The van der Waals surface area contributed by atoms with Crippen molar-refractivity contribution in [1.82, 2.24) is 10.3 Å². The summed E-state index contributed by atoms with van der Waals surface area (Å²) in [4.78, 5) is 28.7. The van der Waals surface area contributed by atoms with Gasteiger partial charge in [0.1, 0.15) is 17.1 Å². The van der Waals surface area contributed by atoms with Gasteiger partial charge in [-0.15, -0.1) is 0 Å². The number of ether oxygens (including phenoxy) is 3. The van der Waals surface area contributed by atoms with E-state index in [4.69, 9.17) is 9.47 Å². The minimum absolute atomic E-state index is 0.000581. The number of aromatic nitrogens is 1. The van der Waals surface area contributed by atoms with Gasteiger partial charge in [-0.2, -0.15) is 13.2 Å². The molecule has 1 N–H and O–H groups in total. The summed E-state index contributed by atoms with van der Waals surface area (Å²) in [7, 11) is 0. The maximum Gasteiger partial charge on any atom is 0.422 e. The Morgan fingerprint density at radius 1 is 1.11 bits per heavy atom. The van der Waals surface area contributed by atoms with Gasteiger partial charge in [0.15, 0.2) is 13.2 Å². The Morgan fingerprint density at radius 3 is 2.49 bits per heavy atom. The van der Waals surface area contributed by atoms with Crippen LogP contribution in [0.3, 0.4) is 0 Å². The van der Waals surface area contributed by atoms with Crippen molar-refractivity contribution in [3.8, 4) is 11.5 Å². The fraction of sp³-hybridized carbons (Fsp3) is 0.480. The van der Waals surface area contributed by atoms with Gasteiger partial charge in [0.2, 0.25) is 5.91 Å². The molecule has 7 nitrogen and oxygen atoms in total. The van der Waals surface area contributed by atoms with Crippen LogP contribution in [0.4, 0.5) is 13.2 Å². The predicted molar refractivity (Wildman–Crippen MR) is 121 cm³/mol. The molecule has 0 aliphatic heterocycles. The molecule has 1 aromatic heterocycles. The molecule has 1 saturated carbocycles. The molecule has 1 fully saturated rings. The lowest BCUT2D eigenvalue weighted by Gasteiger charge is -2.19. The van der Waals surface area contributed by atoms with Crippen LogP contribution in [0, 0.1) is 5.92 Å². The lowest BCUT2D eigenvalue weighted by atomic mass is 10.1. The van der Waals surface area contributed by atoms with E-state index in [9.17, 15) is 22.8 Å². The topological polar surface area (TPSA) is 86.8 Å². The molecule has 0 spiro atoms. The van der Waals surface area contributed by atoms with Gasteiger partial charge in [-0.1, -0.05) is 12.1 Å². The zero-order valence-electron chi connectivity index (χ0n) is 20.0. The average Bonchev–Trinajstić information content (AvgIpc) is 3.56. The second-order valence-corrected chi connectivity index (χ2v) is 9.45. The van der Waals surface area contributed by atoms with E-state index < -0.39 is 30.4 Å². The number of amides is 1. The van der Waals surface area contributed by atoms with Gasteiger partial charge < -0.3 is 19.5 Å². The Hall–Kier alpha value is -3.30. The minimum atomic E-state index is -4.43. The van der Waals surface area contributed by atoms with E-state index in [1.54, 1.807) is 33.8 Å². The molecule has 1 aromatic carbocycles. The standard InChI is InChI=1S/C25H29F3N2O5/c1-15(21-9-8-18(12-29-21)34-14-25(26,27)28)30-23(32)20-11-19(20)16-6-5-7-17(10-16)33-13-22(31)35-24(2,3)4/h5-10,12,15,19-20H,11,13-14H2,1-4H3,(H,30,32)/t15?,19-,20+/m1/s1. The predicted octanol–water partition coefficient (Wildman–Crippen LogP) is 4.72. The van der Waals surface area contributed by atoms with Crippen LogP contribution in [0.15, 0.2) is 42.6 Å². The highest BCUT2D eigenvalue weighted by molar-refractivity contribution is 5.83. The number of esters is 1. The van der Waals surface area contributed by atoms with Crippen LogP contribution in [-0.4, -0.2) is 41.9 Å². The van der Waals surface area contributed by atoms with Crippen LogP contribution in [0.25, 0.3) is 0 Å². The molecule has 3 atom stereocenters. The van der Waals surface area contributed by atoms with Crippen molar-refractivity contribution in [2.45, 2.75) is 57.9 Å². The molecule has 1 aliphatic carbocycles. The lowest BCUT2D eigenvalue weighted by Crippen LogP contribution is -2.29. The number of nitrogens with zero attached hydrogens (tertiary/aromatic N) is 1. The second-order valence-electron chi connectivity index (χ2n) is 9.45. The number of alkyl halides is 3. The molecule has 1 aliphatic rings. The van der Waals surface area contributed by atoms with E-state index in [1.165, 1.54) is 18.3 Å². The Bertz CT molecular complexity index is 1030. The molecular weight excluding hydrogens is 465 g/mol. The fourth-order valence-electron chi connectivity index (χ4n) is 3.49. The number of nitrogens with one attached hydrogen (secondary N) is 1. The monoisotopic (exact) mass is 494 g/mol. The first-order valence-corrected chi connectivity index (χ1v) is 11.2. The minimum Gasteiger partial charge on any atom is -0.483 e. The molecule has 1 heterocycles. The molecule has 0 radical (unpaired) electrons. The average molecular weight is 495 g/mol. The van der Waals surface area contributed by atoms with Crippen LogP contribution in [0.5, 0.6) is 11.5 Å². The fourth-order valence-corrected chi connectivity index (χ4v) is 3.49. The van der Waals surface area contributed by atoms with Crippen molar-refractivity contribution >= 4 is 11.9 Å². The lowest BCUT2D eigenvalue weighted by molar-refractivity contribution is -0.157. The smallest absolute Gasteiger partial charge is 0.422 e. The third kappa shape index (κ3) is 8.45. The summed E-state index contributed by atoms with van der Waals surface area (Å²) in [6.07, 6.45) is -2.55. The highest BCUT2D eigenvalue weighted by atomic mass is 19.4. The number of pyridine rings is 1. The number of hydrogen-bond donors (Lipinski definition) is 1. The van der Waals surface area contributed by atoms with Crippen molar-refractivity contribution in [2.75, 3.05) is 13.2 Å². The van der Waals surface area contributed by atoms with E-state index >= 15 is 0 Å². The largest absolute Gasteiger partial charge is 0.483 e. The van der Waals surface area contributed by atoms with Crippen LogP contribution in [0.2, 0.25) is 0 Å². The van der Waals surface area contributed by atoms with Crippen molar-refractivity contribution < 1.29 is 37.0 Å². The first-order chi connectivity index (χ1) is 16.3. The molecule has 190 valence electrons. The Kier molecular flexibility index (Phi) is 7.92. The van der Waals surface area contributed by atoms with Gasteiger partial charge in [-0.25, -0.2) is 4.79 Å². The molecular formula is C25H29F3N2O5. The Morgan fingerprint density at radius 2 is 1.86 bits per heavy atom. The number of hydrogen-bond acceptors (Lipinski definition) is 6. The Balaban J connectivity index is 1.49. The van der Waals surface area contributed by atoms with Gasteiger partial charge in [0.05, 0.1) is 17.9 Å². The normalized spacial score (nSPS) is 18.4. The summed E-state index contributed by atoms with van der Waals surface area (Å²) in [5, 5.41) is 2.90. The quantitative estimate of drug-likeness (QED) is 0.508. The first kappa shape index (κ1) is 26.3. The van der Waals surface area contributed by atoms with Crippen LogP contribution in [-0.2, 0) is 14.3 Å². The summed E-state index contributed by atoms with van der Waals surface area (Å²) in [6, 6.07) is 9.74. The van der Waals surface area contributed by atoms with Crippen LogP contribution >= 0.6 is 0 Å². The van der Waals surface area contributed by atoms with E-state index in [2.05, 4.69) is 15.0 Å². The van der Waals surface area contributed by atoms with Crippen molar-refractivity contribution in [3.63, 3.8) is 0 Å². The Labute approximate surface area is 202 Å².